The number of hydrogen-bond acceptors (Lipinski definition) is 5. The van der Waals surface area contributed by atoms with E-state index in [-0.39, 0.29) is 18.0 Å². The lowest BCUT2D eigenvalue weighted by atomic mass is 9.89. The summed E-state index contributed by atoms with van der Waals surface area (Å²) in [4.78, 5) is 37.5. The maximum atomic E-state index is 13.6. The van der Waals surface area contributed by atoms with Crippen LogP contribution >= 0.6 is 11.3 Å². The molecule has 0 aromatic carbocycles. The van der Waals surface area contributed by atoms with Gasteiger partial charge in [0.1, 0.15) is 17.2 Å². The van der Waals surface area contributed by atoms with Crippen LogP contribution in [0.1, 0.15) is 49.4 Å². The Balaban J connectivity index is 1.73. The summed E-state index contributed by atoms with van der Waals surface area (Å²) in [5, 5.41) is 0.763. The highest BCUT2D eigenvalue weighted by atomic mass is 32.1. The van der Waals surface area contributed by atoms with Gasteiger partial charge in [-0.3, -0.25) is 14.2 Å². The molecule has 29 heavy (non-hydrogen) atoms. The second-order valence-corrected chi connectivity index (χ2v) is 10.3. The topological polar surface area (TPSA) is 58.4 Å². The van der Waals surface area contributed by atoms with Crippen LogP contribution in [0.3, 0.4) is 0 Å². The summed E-state index contributed by atoms with van der Waals surface area (Å²) in [6.07, 6.45) is 5.17. The normalized spacial score (nSPS) is 20.4. The largest absolute Gasteiger partial charge is 0.341 e. The average Bonchev–Trinajstić information content (AvgIpc) is 3.02. The predicted octanol–water partition coefficient (Wildman–Crippen LogP) is 2.90. The van der Waals surface area contributed by atoms with Gasteiger partial charge in [0, 0.05) is 18.0 Å². The first-order valence-corrected chi connectivity index (χ1v) is 11.6. The number of nitrogens with zero attached hydrogens (tertiary/aromatic N) is 4. The first-order valence-electron chi connectivity index (χ1n) is 10.8. The highest BCUT2D eigenvalue weighted by molar-refractivity contribution is 7.18. The van der Waals surface area contributed by atoms with E-state index in [4.69, 9.17) is 4.98 Å². The van der Waals surface area contributed by atoms with E-state index in [1.165, 1.54) is 10.4 Å². The Bertz CT molecular complexity index is 969. The van der Waals surface area contributed by atoms with E-state index in [1.807, 2.05) is 23.9 Å². The molecule has 1 fully saturated rings. The van der Waals surface area contributed by atoms with Crippen LogP contribution < -0.4 is 5.56 Å². The molecule has 2 aromatic rings. The third-order valence-corrected chi connectivity index (χ3v) is 7.53. The Labute approximate surface area is 176 Å². The van der Waals surface area contributed by atoms with E-state index in [2.05, 4.69) is 13.8 Å². The average molecular weight is 417 g/mol. The van der Waals surface area contributed by atoms with E-state index in [1.54, 1.807) is 15.9 Å². The van der Waals surface area contributed by atoms with E-state index >= 15 is 0 Å². The molecule has 7 heteroatoms. The highest BCUT2D eigenvalue weighted by Gasteiger charge is 2.26. The number of carbonyl (C=O) groups excluding carboxylic acids is 1. The molecule has 1 aliphatic carbocycles. The quantitative estimate of drug-likeness (QED) is 0.769. The van der Waals surface area contributed by atoms with E-state index in [0.717, 1.165) is 55.4 Å². The lowest BCUT2D eigenvalue weighted by Gasteiger charge is -2.30. The number of aromatic nitrogens is 2. The first-order chi connectivity index (χ1) is 13.8. The molecule has 4 rings (SSSR count). The standard InChI is InChI=1S/C22H32N4O2S/c1-14-7-9-25(10-8-14)19(27)13-26-18(12-24(3)4)23-21-20(22(26)28)16-6-5-15(2)11-17(16)29-21/h14-15H,5-13H2,1-4H3. The van der Waals surface area contributed by atoms with Gasteiger partial charge >= 0.3 is 0 Å². The van der Waals surface area contributed by atoms with Gasteiger partial charge in [0.05, 0.1) is 11.9 Å². The number of piperidine rings is 1. The minimum Gasteiger partial charge on any atom is -0.341 e. The van der Waals surface area contributed by atoms with Gasteiger partial charge < -0.3 is 9.80 Å². The van der Waals surface area contributed by atoms with Crippen LogP contribution in [0.2, 0.25) is 0 Å². The predicted molar refractivity (Wildman–Crippen MR) is 117 cm³/mol. The van der Waals surface area contributed by atoms with Crippen molar-refractivity contribution in [2.45, 2.75) is 59.0 Å². The Kier molecular flexibility index (Phi) is 5.80. The molecule has 1 aliphatic heterocycles. The van der Waals surface area contributed by atoms with Crippen molar-refractivity contribution in [3.05, 3.63) is 26.6 Å². The van der Waals surface area contributed by atoms with Gasteiger partial charge in [0.2, 0.25) is 5.91 Å². The Hall–Kier alpha value is -1.73. The van der Waals surface area contributed by atoms with Crippen LogP contribution in [-0.2, 0) is 30.7 Å². The summed E-state index contributed by atoms with van der Waals surface area (Å²) < 4.78 is 1.65. The number of amides is 1. The Morgan fingerprint density at radius 3 is 2.59 bits per heavy atom. The number of thiophene rings is 1. The van der Waals surface area contributed by atoms with Gasteiger partial charge in [-0.05, 0) is 63.6 Å². The van der Waals surface area contributed by atoms with E-state index < -0.39 is 0 Å². The Morgan fingerprint density at radius 2 is 1.90 bits per heavy atom. The zero-order valence-corrected chi connectivity index (χ0v) is 18.8. The van der Waals surface area contributed by atoms with Crippen molar-refractivity contribution in [2.24, 2.45) is 11.8 Å². The number of likely N-dealkylation sites (tertiary alicyclic amines) is 1. The third-order valence-electron chi connectivity index (χ3n) is 6.38. The van der Waals surface area contributed by atoms with Crippen LogP contribution in [-0.4, -0.2) is 52.4 Å². The molecule has 0 spiro atoms. The summed E-state index contributed by atoms with van der Waals surface area (Å²) in [5.74, 6) is 2.06. The number of rotatable bonds is 4. The van der Waals surface area contributed by atoms with E-state index in [9.17, 15) is 9.59 Å². The summed E-state index contributed by atoms with van der Waals surface area (Å²) >= 11 is 1.68. The lowest BCUT2D eigenvalue weighted by molar-refractivity contribution is -0.133. The van der Waals surface area contributed by atoms with Gasteiger partial charge in [-0.25, -0.2) is 4.98 Å². The SMILES string of the molecule is CC1CCN(C(=O)Cn2c(CN(C)C)nc3sc4c(c3c2=O)CCC(C)C4)CC1. The molecule has 158 valence electrons. The number of aryl methyl sites for hydroxylation is 1. The van der Waals surface area contributed by atoms with Crippen molar-refractivity contribution in [3.63, 3.8) is 0 Å². The maximum absolute atomic E-state index is 13.6. The molecule has 1 unspecified atom stereocenters. The van der Waals surface area contributed by atoms with Crippen LogP contribution in [0.25, 0.3) is 10.2 Å². The molecule has 1 saturated heterocycles. The smallest absolute Gasteiger partial charge is 0.263 e. The van der Waals surface area contributed by atoms with Crippen molar-refractivity contribution in [3.8, 4) is 0 Å². The summed E-state index contributed by atoms with van der Waals surface area (Å²) in [7, 11) is 3.94. The summed E-state index contributed by atoms with van der Waals surface area (Å²) in [6.45, 7) is 6.74. The number of fused-ring (bicyclic) bond motifs is 3. The summed E-state index contributed by atoms with van der Waals surface area (Å²) in [5.41, 5.74) is 1.16. The fourth-order valence-electron chi connectivity index (χ4n) is 4.53. The van der Waals surface area contributed by atoms with Crippen LogP contribution in [0.15, 0.2) is 4.79 Å². The number of carbonyl (C=O) groups is 1. The fraction of sp³-hybridized carbons (Fsp3) is 0.682. The van der Waals surface area contributed by atoms with Crippen molar-refractivity contribution < 1.29 is 4.79 Å². The molecular weight excluding hydrogens is 384 g/mol. The second kappa shape index (κ2) is 8.19. The monoisotopic (exact) mass is 416 g/mol. The van der Waals surface area contributed by atoms with Crippen LogP contribution in [0.5, 0.6) is 0 Å². The lowest BCUT2D eigenvalue weighted by Crippen LogP contribution is -2.42. The van der Waals surface area contributed by atoms with Crippen LogP contribution in [0.4, 0.5) is 0 Å². The number of hydrogen-bond donors (Lipinski definition) is 0. The minimum absolute atomic E-state index is 0.0300. The summed E-state index contributed by atoms with van der Waals surface area (Å²) in [6, 6.07) is 0. The van der Waals surface area contributed by atoms with Crippen molar-refractivity contribution in [1.82, 2.24) is 19.4 Å². The molecule has 3 heterocycles. The maximum Gasteiger partial charge on any atom is 0.263 e. The van der Waals surface area contributed by atoms with E-state index in [0.29, 0.717) is 24.2 Å². The molecule has 1 amide bonds. The molecule has 6 nitrogen and oxygen atoms in total. The molecule has 2 aliphatic rings. The molecular formula is C22H32N4O2S. The van der Waals surface area contributed by atoms with Crippen LogP contribution in [0, 0.1) is 11.8 Å². The zero-order chi connectivity index (χ0) is 20.7. The van der Waals surface area contributed by atoms with Gasteiger partial charge in [0.25, 0.3) is 5.56 Å². The van der Waals surface area contributed by atoms with Crippen molar-refractivity contribution >= 4 is 27.5 Å². The first kappa shape index (κ1) is 20.5. The molecule has 0 radical (unpaired) electrons. The van der Waals surface area contributed by atoms with Gasteiger partial charge in [0.15, 0.2) is 0 Å². The Morgan fingerprint density at radius 1 is 1.17 bits per heavy atom. The molecule has 2 aromatic heterocycles. The minimum atomic E-state index is -0.0300. The molecule has 1 atom stereocenters. The third kappa shape index (κ3) is 4.12. The zero-order valence-electron chi connectivity index (χ0n) is 18.0. The van der Waals surface area contributed by atoms with Gasteiger partial charge in [-0.2, -0.15) is 0 Å². The highest BCUT2D eigenvalue weighted by Crippen LogP contribution is 2.35. The molecule has 0 saturated carbocycles. The van der Waals surface area contributed by atoms with Gasteiger partial charge in [-0.15, -0.1) is 11.3 Å². The fourth-order valence-corrected chi connectivity index (χ4v) is 5.92. The second-order valence-electron chi connectivity index (χ2n) is 9.25. The van der Waals surface area contributed by atoms with Crippen molar-refractivity contribution in [1.29, 1.82) is 0 Å². The molecule has 0 N–H and O–H groups in total. The molecule has 0 bridgehead atoms. The van der Waals surface area contributed by atoms with Crippen molar-refractivity contribution in [2.75, 3.05) is 27.2 Å². The van der Waals surface area contributed by atoms with Gasteiger partial charge in [-0.1, -0.05) is 13.8 Å².